The van der Waals surface area contributed by atoms with Crippen molar-refractivity contribution in [2.24, 2.45) is 0 Å². The fourth-order valence-corrected chi connectivity index (χ4v) is 5.99. The van der Waals surface area contributed by atoms with Crippen LogP contribution in [0.25, 0.3) is 0 Å². The van der Waals surface area contributed by atoms with Gasteiger partial charge in [-0.15, -0.1) is 0 Å². The van der Waals surface area contributed by atoms with Crippen LogP contribution in [0.2, 0.25) is 0 Å². The third kappa shape index (κ3) is 2.85. The molecule has 0 aromatic heterocycles. The molecule has 6 heteroatoms. The van der Waals surface area contributed by atoms with Gasteiger partial charge in [-0.25, -0.2) is 8.42 Å². The number of likely N-dealkylation sites (N-methyl/N-ethyl adjacent to an activating group) is 1. The molecule has 31 heavy (non-hydrogen) atoms. The highest BCUT2D eigenvalue weighted by atomic mass is 32.2. The number of nitrogens with zero attached hydrogens (tertiary/aromatic N) is 1. The highest BCUT2D eigenvalue weighted by molar-refractivity contribution is 7.92. The third-order valence-electron chi connectivity index (χ3n) is 6.81. The van der Waals surface area contributed by atoms with Crippen LogP contribution >= 0.6 is 0 Å². The number of anilines is 2. The zero-order valence-electron chi connectivity index (χ0n) is 18.1. The Morgan fingerprint density at radius 2 is 1.71 bits per heavy atom. The monoisotopic (exact) mass is 434 g/mol. The Bertz CT molecular complexity index is 1280. The first kappa shape index (κ1) is 19.9. The molecule has 3 aromatic carbocycles. The second-order valence-corrected chi connectivity index (χ2v) is 10.7. The molecule has 1 spiro atoms. The van der Waals surface area contributed by atoms with Crippen LogP contribution in [0.3, 0.4) is 0 Å². The van der Waals surface area contributed by atoms with Gasteiger partial charge in [-0.1, -0.05) is 35.9 Å². The average molecular weight is 435 g/mol. The lowest BCUT2D eigenvalue weighted by Crippen LogP contribution is -2.58. The van der Waals surface area contributed by atoms with Crippen LogP contribution in [-0.4, -0.2) is 21.2 Å². The number of sulfonamides is 1. The molecule has 0 fully saturated rings. The normalized spacial score (nSPS) is 21.0. The van der Waals surface area contributed by atoms with Gasteiger partial charge in [-0.05, 0) is 62.7 Å². The Balaban J connectivity index is 1.47. The second-order valence-electron chi connectivity index (χ2n) is 9.01. The number of rotatable bonds is 3. The first-order valence-corrected chi connectivity index (χ1v) is 11.9. The molecule has 2 aliphatic heterocycles. The molecule has 5 rings (SSSR count). The summed E-state index contributed by atoms with van der Waals surface area (Å²) in [7, 11) is -1.58. The Morgan fingerprint density at radius 3 is 2.42 bits per heavy atom. The van der Waals surface area contributed by atoms with Crippen molar-refractivity contribution >= 4 is 21.4 Å². The number of fused-ring (bicyclic) bond motifs is 2. The zero-order chi connectivity index (χ0) is 22.0. The Morgan fingerprint density at radius 1 is 1.00 bits per heavy atom. The van der Waals surface area contributed by atoms with Crippen molar-refractivity contribution in [3.63, 3.8) is 0 Å². The summed E-state index contributed by atoms with van der Waals surface area (Å²) >= 11 is 0. The van der Waals surface area contributed by atoms with Gasteiger partial charge < -0.3 is 9.64 Å². The molecule has 0 aliphatic carbocycles. The molecule has 1 atom stereocenters. The maximum absolute atomic E-state index is 12.8. The van der Waals surface area contributed by atoms with Crippen LogP contribution in [0.4, 0.5) is 11.4 Å². The zero-order valence-corrected chi connectivity index (χ0v) is 19.0. The Labute approximate surface area is 183 Å². The van der Waals surface area contributed by atoms with E-state index in [1.807, 2.05) is 25.1 Å². The SMILES string of the molecule is Cc1ccc(S(=O)(=O)Nc2ccc3c(c2)C[C@@]2(O3)N(C)c3ccccc3C2(C)C)cc1. The molecule has 2 heterocycles. The Hall–Kier alpha value is -2.99. The lowest BCUT2D eigenvalue weighted by molar-refractivity contribution is 0.0350. The fraction of sp³-hybridized carbons (Fsp3) is 0.280. The summed E-state index contributed by atoms with van der Waals surface area (Å²) in [6.07, 6.45) is 0.667. The summed E-state index contributed by atoms with van der Waals surface area (Å²) in [5, 5.41) is 0. The molecule has 0 saturated heterocycles. The van der Waals surface area contributed by atoms with Crippen molar-refractivity contribution in [2.75, 3.05) is 16.7 Å². The Kier molecular flexibility index (Phi) is 4.18. The van der Waals surface area contributed by atoms with Gasteiger partial charge in [0.2, 0.25) is 0 Å². The van der Waals surface area contributed by atoms with Crippen LogP contribution in [0.15, 0.2) is 71.6 Å². The molecule has 0 unspecified atom stereocenters. The lowest BCUT2D eigenvalue weighted by atomic mass is 9.76. The van der Waals surface area contributed by atoms with Crippen LogP contribution in [0, 0.1) is 6.92 Å². The van der Waals surface area contributed by atoms with E-state index in [-0.39, 0.29) is 10.3 Å². The van der Waals surface area contributed by atoms with Gasteiger partial charge in [-0.3, -0.25) is 4.72 Å². The van der Waals surface area contributed by atoms with Crippen molar-refractivity contribution in [1.29, 1.82) is 0 Å². The van der Waals surface area contributed by atoms with E-state index in [9.17, 15) is 8.42 Å². The first-order valence-electron chi connectivity index (χ1n) is 10.4. The topological polar surface area (TPSA) is 58.6 Å². The van der Waals surface area contributed by atoms with Gasteiger partial charge in [0.15, 0.2) is 5.72 Å². The van der Waals surface area contributed by atoms with E-state index in [1.165, 1.54) is 11.3 Å². The number of benzene rings is 3. The molecule has 160 valence electrons. The van der Waals surface area contributed by atoms with Gasteiger partial charge >= 0.3 is 0 Å². The number of ether oxygens (including phenoxy) is 1. The van der Waals surface area contributed by atoms with Crippen LogP contribution < -0.4 is 14.4 Å². The second kappa shape index (κ2) is 6.50. The molecule has 0 amide bonds. The minimum absolute atomic E-state index is 0.237. The predicted octanol–water partition coefficient (Wildman–Crippen LogP) is 4.85. The highest BCUT2D eigenvalue weighted by Crippen LogP contribution is 2.56. The van der Waals surface area contributed by atoms with E-state index in [1.54, 1.807) is 30.3 Å². The summed E-state index contributed by atoms with van der Waals surface area (Å²) < 4.78 is 34.9. The summed E-state index contributed by atoms with van der Waals surface area (Å²) in [5.74, 6) is 0.797. The number of hydrogen-bond acceptors (Lipinski definition) is 4. The lowest BCUT2D eigenvalue weighted by Gasteiger charge is -2.42. The molecular weight excluding hydrogens is 408 g/mol. The van der Waals surface area contributed by atoms with E-state index in [4.69, 9.17) is 4.74 Å². The van der Waals surface area contributed by atoms with E-state index < -0.39 is 15.7 Å². The summed E-state index contributed by atoms with van der Waals surface area (Å²) in [5.41, 5.74) is 4.19. The average Bonchev–Trinajstić information content (AvgIpc) is 3.19. The van der Waals surface area contributed by atoms with Gasteiger partial charge in [0.1, 0.15) is 5.75 Å². The van der Waals surface area contributed by atoms with E-state index in [0.717, 1.165) is 16.9 Å². The van der Waals surface area contributed by atoms with Crippen molar-refractivity contribution < 1.29 is 13.2 Å². The largest absolute Gasteiger partial charge is 0.466 e. The third-order valence-corrected chi connectivity index (χ3v) is 8.21. The van der Waals surface area contributed by atoms with E-state index in [2.05, 4.69) is 48.7 Å². The van der Waals surface area contributed by atoms with Gasteiger partial charge in [0.05, 0.1) is 10.3 Å². The number of aryl methyl sites for hydroxylation is 1. The first-order chi connectivity index (χ1) is 14.6. The molecule has 0 bridgehead atoms. The van der Waals surface area contributed by atoms with Gasteiger partial charge in [0.25, 0.3) is 10.0 Å². The van der Waals surface area contributed by atoms with Crippen molar-refractivity contribution in [1.82, 2.24) is 0 Å². The number of para-hydroxylation sites is 1. The molecule has 0 radical (unpaired) electrons. The fourth-order valence-electron chi connectivity index (χ4n) is 4.94. The van der Waals surface area contributed by atoms with E-state index in [0.29, 0.717) is 12.1 Å². The summed E-state index contributed by atoms with van der Waals surface area (Å²) in [4.78, 5) is 2.47. The van der Waals surface area contributed by atoms with Crippen molar-refractivity contribution in [3.05, 3.63) is 83.4 Å². The minimum Gasteiger partial charge on any atom is -0.466 e. The maximum Gasteiger partial charge on any atom is 0.261 e. The molecule has 0 saturated carbocycles. The van der Waals surface area contributed by atoms with Crippen LogP contribution in [0.1, 0.15) is 30.5 Å². The van der Waals surface area contributed by atoms with Crippen LogP contribution in [-0.2, 0) is 21.9 Å². The van der Waals surface area contributed by atoms with Gasteiger partial charge in [-0.2, -0.15) is 0 Å². The minimum atomic E-state index is -3.65. The van der Waals surface area contributed by atoms with Gasteiger partial charge in [0, 0.05) is 30.4 Å². The quantitative estimate of drug-likeness (QED) is 0.640. The number of nitrogens with one attached hydrogen (secondary N) is 1. The predicted molar refractivity (Wildman–Crippen MR) is 123 cm³/mol. The molecule has 5 nitrogen and oxygen atoms in total. The maximum atomic E-state index is 12.8. The standard InChI is InChI=1S/C25H26N2O3S/c1-17-9-12-20(13-10-17)31(28,29)26-19-11-14-23-18(15-19)16-25(30-23)24(2,3)21-7-5-6-8-22(21)27(25)4/h5-15,26H,16H2,1-4H3/t25-/m0/s1. The highest BCUT2D eigenvalue weighted by Gasteiger charge is 2.60. The summed E-state index contributed by atoms with van der Waals surface area (Å²) in [6.45, 7) is 6.35. The van der Waals surface area contributed by atoms with Crippen molar-refractivity contribution in [2.45, 2.75) is 43.2 Å². The smallest absolute Gasteiger partial charge is 0.261 e. The number of hydrogen-bond donors (Lipinski definition) is 1. The molecular formula is C25H26N2O3S. The van der Waals surface area contributed by atoms with Crippen molar-refractivity contribution in [3.8, 4) is 5.75 Å². The van der Waals surface area contributed by atoms with Crippen LogP contribution in [0.5, 0.6) is 5.75 Å². The summed E-state index contributed by atoms with van der Waals surface area (Å²) in [6, 6.07) is 20.7. The van der Waals surface area contributed by atoms with E-state index >= 15 is 0 Å². The molecule has 2 aliphatic rings. The molecule has 3 aromatic rings. The molecule has 1 N–H and O–H groups in total.